The smallest absolute Gasteiger partial charge is 0.294 e. The Kier molecular flexibility index (Phi) is 2.37. The van der Waals surface area contributed by atoms with Gasteiger partial charge in [0.2, 0.25) is 0 Å². The molecular formula is C6H10F2N4. The summed E-state index contributed by atoms with van der Waals surface area (Å²) in [5, 5.41) is 6.72. The second kappa shape index (κ2) is 3.14. The molecule has 6 heteroatoms. The largest absolute Gasteiger partial charge is 0.330 e. The van der Waals surface area contributed by atoms with Crippen molar-refractivity contribution in [3.63, 3.8) is 0 Å². The molecule has 0 unspecified atom stereocenters. The van der Waals surface area contributed by atoms with Crippen molar-refractivity contribution in [1.82, 2.24) is 15.0 Å². The summed E-state index contributed by atoms with van der Waals surface area (Å²) in [4.78, 5) is 0. The van der Waals surface area contributed by atoms with Crippen LogP contribution in [0.15, 0.2) is 6.20 Å². The standard InChI is InChI=1S/C6H10F2N4/c1-12-4-5(10-11-12)6(7,8)2-3-9/h4H,2-3,9H2,1H3. The van der Waals surface area contributed by atoms with Crippen molar-refractivity contribution in [1.29, 1.82) is 0 Å². The third-order valence-corrected chi connectivity index (χ3v) is 1.44. The molecule has 0 saturated carbocycles. The third-order valence-electron chi connectivity index (χ3n) is 1.44. The molecule has 0 atom stereocenters. The van der Waals surface area contributed by atoms with Crippen LogP contribution in [0.25, 0.3) is 0 Å². The normalized spacial score (nSPS) is 12.0. The molecule has 4 nitrogen and oxygen atoms in total. The molecule has 0 spiro atoms. The number of alkyl halides is 2. The van der Waals surface area contributed by atoms with Gasteiger partial charge in [-0.15, -0.1) is 5.10 Å². The summed E-state index contributed by atoms with van der Waals surface area (Å²) >= 11 is 0. The maximum Gasteiger partial charge on any atom is 0.294 e. The lowest BCUT2D eigenvalue weighted by Crippen LogP contribution is -2.19. The number of aryl methyl sites for hydroxylation is 1. The van der Waals surface area contributed by atoms with E-state index >= 15 is 0 Å². The fourth-order valence-corrected chi connectivity index (χ4v) is 0.824. The summed E-state index contributed by atoms with van der Waals surface area (Å²) in [7, 11) is 1.54. The van der Waals surface area contributed by atoms with Gasteiger partial charge in [0.25, 0.3) is 5.92 Å². The highest BCUT2D eigenvalue weighted by Gasteiger charge is 2.33. The van der Waals surface area contributed by atoms with Gasteiger partial charge in [-0.2, -0.15) is 8.78 Å². The van der Waals surface area contributed by atoms with E-state index in [0.717, 1.165) is 0 Å². The van der Waals surface area contributed by atoms with Gasteiger partial charge < -0.3 is 5.73 Å². The average Bonchev–Trinajstić information content (AvgIpc) is 2.36. The Morgan fingerprint density at radius 3 is 2.75 bits per heavy atom. The second-order valence-corrected chi connectivity index (χ2v) is 2.52. The first-order valence-corrected chi connectivity index (χ1v) is 3.51. The zero-order valence-corrected chi connectivity index (χ0v) is 6.67. The summed E-state index contributed by atoms with van der Waals surface area (Å²) in [6.45, 7) is -0.0659. The minimum absolute atomic E-state index is 0.0659. The number of aromatic nitrogens is 3. The number of halogens is 2. The zero-order valence-electron chi connectivity index (χ0n) is 6.67. The summed E-state index contributed by atoms with van der Waals surface area (Å²) < 4.78 is 27.2. The van der Waals surface area contributed by atoms with E-state index in [4.69, 9.17) is 5.73 Å². The Bertz CT molecular complexity index is 258. The zero-order chi connectivity index (χ0) is 9.19. The van der Waals surface area contributed by atoms with Gasteiger partial charge in [0.15, 0.2) is 5.69 Å². The minimum atomic E-state index is -2.96. The monoisotopic (exact) mass is 176 g/mol. The van der Waals surface area contributed by atoms with Crippen molar-refractivity contribution in [3.05, 3.63) is 11.9 Å². The Hall–Kier alpha value is -1.04. The molecule has 0 amide bonds. The van der Waals surface area contributed by atoms with Gasteiger partial charge in [-0.05, 0) is 6.54 Å². The van der Waals surface area contributed by atoms with Crippen molar-refractivity contribution in [3.8, 4) is 0 Å². The van der Waals surface area contributed by atoms with Gasteiger partial charge in [0.05, 0.1) is 6.20 Å². The summed E-state index contributed by atoms with van der Waals surface area (Å²) in [5.74, 6) is -2.96. The molecule has 0 radical (unpaired) electrons. The predicted molar refractivity (Wildman–Crippen MR) is 38.6 cm³/mol. The van der Waals surface area contributed by atoms with Crippen molar-refractivity contribution >= 4 is 0 Å². The van der Waals surface area contributed by atoms with Crippen molar-refractivity contribution < 1.29 is 8.78 Å². The molecule has 1 heterocycles. The first kappa shape index (κ1) is 9.05. The van der Waals surface area contributed by atoms with Crippen molar-refractivity contribution in [2.45, 2.75) is 12.3 Å². The van der Waals surface area contributed by atoms with Crippen LogP contribution in [0, 0.1) is 0 Å². The minimum Gasteiger partial charge on any atom is -0.330 e. The lowest BCUT2D eigenvalue weighted by Gasteiger charge is -2.10. The van der Waals surface area contributed by atoms with Gasteiger partial charge in [-0.3, -0.25) is 4.68 Å². The topological polar surface area (TPSA) is 56.7 Å². The van der Waals surface area contributed by atoms with Gasteiger partial charge >= 0.3 is 0 Å². The van der Waals surface area contributed by atoms with Crippen LogP contribution in [0.2, 0.25) is 0 Å². The maximum absolute atomic E-state index is 13.0. The fourth-order valence-electron chi connectivity index (χ4n) is 0.824. The lowest BCUT2D eigenvalue weighted by atomic mass is 10.2. The molecule has 2 N–H and O–H groups in total. The summed E-state index contributed by atoms with van der Waals surface area (Å²) in [5.41, 5.74) is 4.70. The predicted octanol–water partition coefficient (Wildman–Crippen LogP) is 0.256. The van der Waals surface area contributed by atoms with Crippen molar-refractivity contribution in [2.75, 3.05) is 6.54 Å². The first-order valence-electron chi connectivity index (χ1n) is 3.51. The van der Waals surface area contributed by atoms with E-state index < -0.39 is 12.3 Å². The molecule has 0 aliphatic carbocycles. The van der Waals surface area contributed by atoms with Crippen LogP contribution in [-0.2, 0) is 13.0 Å². The molecule has 0 aromatic carbocycles. The highest BCUT2D eigenvalue weighted by atomic mass is 19.3. The van der Waals surface area contributed by atoms with Crippen molar-refractivity contribution in [2.24, 2.45) is 12.8 Å². The molecule has 12 heavy (non-hydrogen) atoms. The Balaban J connectivity index is 2.81. The molecule has 0 bridgehead atoms. The number of rotatable bonds is 3. The molecular weight excluding hydrogens is 166 g/mol. The number of hydrogen-bond acceptors (Lipinski definition) is 3. The molecule has 0 aliphatic heterocycles. The van der Waals surface area contributed by atoms with Crippen LogP contribution in [0.5, 0.6) is 0 Å². The maximum atomic E-state index is 13.0. The van der Waals surface area contributed by atoms with E-state index in [9.17, 15) is 8.78 Å². The average molecular weight is 176 g/mol. The van der Waals surface area contributed by atoms with E-state index in [-0.39, 0.29) is 12.2 Å². The van der Waals surface area contributed by atoms with E-state index in [0.29, 0.717) is 0 Å². The van der Waals surface area contributed by atoms with Gasteiger partial charge in [-0.1, -0.05) is 5.21 Å². The fraction of sp³-hybridized carbons (Fsp3) is 0.667. The molecule has 1 aromatic heterocycles. The molecule has 0 saturated heterocycles. The highest BCUT2D eigenvalue weighted by Crippen LogP contribution is 2.28. The van der Waals surface area contributed by atoms with Crippen LogP contribution >= 0.6 is 0 Å². The van der Waals surface area contributed by atoms with Gasteiger partial charge in [-0.25, -0.2) is 0 Å². The second-order valence-electron chi connectivity index (χ2n) is 2.52. The molecule has 1 aromatic rings. The molecule has 68 valence electrons. The Labute approximate surface area is 68.4 Å². The van der Waals surface area contributed by atoms with Crippen LogP contribution in [0.1, 0.15) is 12.1 Å². The summed E-state index contributed by atoms with van der Waals surface area (Å²) in [6.07, 6.45) is 0.793. The first-order chi connectivity index (χ1) is 5.56. The number of nitrogens with zero attached hydrogens (tertiary/aromatic N) is 3. The summed E-state index contributed by atoms with van der Waals surface area (Å²) in [6, 6.07) is 0. The highest BCUT2D eigenvalue weighted by molar-refractivity contribution is 5.01. The Morgan fingerprint density at radius 1 is 1.67 bits per heavy atom. The molecule has 0 fully saturated rings. The SMILES string of the molecule is Cn1cc(C(F)(F)CCN)nn1. The van der Waals surface area contributed by atoms with E-state index in [1.165, 1.54) is 17.9 Å². The van der Waals surface area contributed by atoms with E-state index in [1.807, 2.05) is 0 Å². The van der Waals surface area contributed by atoms with Crippen LogP contribution in [0.3, 0.4) is 0 Å². The molecule has 1 rings (SSSR count). The quantitative estimate of drug-likeness (QED) is 0.718. The van der Waals surface area contributed by atoms with Crippen LogP contribution in [0.4, 0.5) is 8.78 Å². The third kappa shape index (κ3) is 1.76. The Morgan fingerprint density at radius 2 is 2.33 bits per heavy atom. The van der Waals surface area contributed by atoms with E-state index in [2.05, 4.69) is 10.3 Å². The van der Waals surface area contributed by atoms with Gasteiger partial charge in [0, 0.05) is 13.5 Å². The number of hydrogen-bond donors (Lipinski definition) is 1. The van der Waals surface area contributed by atoms with Crippen LogP contribution in [-0.4, -0.2) is 21.5 Å². The lowest BCUT2D eigenvalue weighted by molar-refractivity contribution is -0.0152. The molecule has 0 aliphatic rings. The number of nitrogens with two attached hydrogens (primary N) is 1. The van der Waals surface area contributed by atoms with Gasteiger partial charge in [0.1, 0.15) is 0 Å². The van der Waals surface area contributed by atoms with Crippen LogP contribution < -0.4 is 5.73 Å². The van der Waals surface area contributed by atoms with E-state index in [1.54, 1.807) is 0 Å².